The molecule has 1 saturated heterocycles. The molecule has 5 rings (SSSR count). The number of ketones is 1. The smallest absolute Gasteiger partial charge is 0.361 e. The summed E-state index contributed by atoms with van der Waals surface area (Å²) in [5.41, 5.74) is -0.460. The van der Waals surface area contributed by atoms with E-state index in [1.54, 1.807) is 18.3 Å². The topological polar surface area (TPSA) is 56.4 Å². The third-order valence-corrected chi connectivity index (χ3v) is 7.56. The SMILES string of the molecule is CC(=O)c1ccc(CN2CCN(C(=O)c3cc(C(F)(F)F)cc(C(F)(F)F)c3)[C@H](Cc3c[nH]c4ccccc34)C2)cc1. The normalized spacial score (nSPS) is 16.6. The van der Waals surface area contributed by atoms with Gasteiger partial charge in [0.1, 0.15) is 0 Å². The van der Waals surface area contributed by atoms with Crippen LogP contribution < -0.4 is 0 Å². The Bertz CT molecular complexity index is 1580. The predicted molar refractivity (Wildman–Crippen MR) is 145 cm³/mol. The highest BCUT2D eigenvalue weighted by Gasteiger charge is 2.39. The van der Waals surface area contributed by atoms with E-state index in [0.717, 1.165) is 22.0 Å². The van der Waals surface area contributed by atoms with Crippen molar-refractivity contribution in [1.29, 1.82) is 0 Å². The molecule has 220 valence electrons. The average molecular weight is 588 g/mol. The number of benzene rings is 3. The van der Waals surface area contributed by atoms with Crippen LogP contribution in [0.15, 0.2) is 72.9 Å². The number of aromatic amines is 1. The Morgan fingerprint density at radius 2 is 1.50 bits per heavy atom. The van der Waals surface area contributed by atoms with Gasteiger partial charge in [0.15, 0.2) is 5.78 Å². The van der Waals surface area contributed by atoms with Gasteiger partial charge >= 0.3 is 12.4 Å². The third-order valence-electron chi connectivity index (χ3n) is 7.56. The maximum atomic E-state index is 13.7. The van der Waals surface area contributed by atoms with Crippen molar-refractivity contribution in [3.05, 3.63) is 106 Å². The number of rotatable bonds is 6. The number of Topliss-reactive ketones (excluding diaryl/α,β-unsaturated/α-hetero) is 1. The van der Waals surface area contributed by atoms with Gasteiger partial charge in [0.2, 0.25) is 0 Å². The lowest BCUT2D eigenvalue weighted by Crippen LogP contribution is -2.55. The van der Waals surface area contributed by atoms with Crippen LogP contribution in [0.4, 0.5) is 26.3 Å². The Kier molecular flexibility index (Phi) is 7.89. The molecule has 11 heteroatoms. The number of hydrogen-bond donors (Lipinski definition) is 1. The number of H-pyrrole nitrogens is 1. The Hall–Kier alpha value is -4.12. The van der Waals surface area contributed by atoms with Crippen LogP contribution >= 0.6 is 0 Å². The number of fused-ring (bicyclic) bond motifs is 1. The Balaban J connectivity index is 1.46. The first-order valence-electron chi connectivity index (χ1n) is 13.3. The van der Waals surface area contributed by atoms with Gasteiger partial charge in [0.05, 0.1) is 11.1 Å². The largest absolute Gasteiger partial charge is 0.416 e. The van der Waals surface area contributed by atoms with Gasteiger partial charge in [-0.3, -0.25) is 14.5 Å². The molecule has 0 radical (unpaired) electrons. The van der Waals surface area contributed by atoms with Crippen LogP contribution in [0, 0.1) is 0 Å². The quantitative estimate of drug-likeness (QED) is 0.196. The van der Waals surface area contributed by atoms with Crippen molar-refractivity contribution in [2.45, 2.75) is 38.3 Å². The Morgan fingerprint density at radius 3 is 2.12 bits per heavy atom. The molecular formula is C31H27F6N3O2. The minimum atomic E-state index is -5.06. The van der Waals surface area contributed by atoms with Crippen LogP contribution in [-0.2, 0) is 25.3 Å². The van der Waals surface area contributed by atoms with E-state index in [2.05, 4.69) is 9.88 Å². The number of carbonyl (C=O) groups is 2. The number of carbonyl (C=O) groups excluding carboxylic acids is 2. The molecule has 4 aromatic rings. The average Bonchev–Trinajstić information content (AvgIpc) is 3.34. The van der Waals surface area contributed by atoms with Crippen molar-refractivity contribution in [1.82, 2.24) is 14.8 Å². The first-order valence-corrected chi connectivity index (χ1v) is 13.3. The molecule has 1 amide bonds. The molecule has 0 aliphatic carbocycles. The molecule has 1 N–H and O–H groups in total. The molecule has 42 heavy (non-hydrogen) atoms. The van der Waals surface area contributed by atoms with Gasteiger partial charge in [-0.25, -0.2) is 0 Å². The van der Waals surface area contributed by atoms with Gasteiger partial charge in [-0.1, -0.05) is 42.5 Å². The maximum absolute atomic E-state index is 13.7. The summed E-state index contributed by atoms with van der Waals surface area (Å²) in [6.45, 7) is 2.77. The minimum absolute atomic E-state index is 0.0233. The third kappa shape index (κ3) is 6.35. The van der Waals surface area contributed by atoms with Crippen molar-refractivity contribution in [2.75, 3.05) is 19.6 Å². The fraction of sp³-hybridized carbons (Fsp3) is 0.290. The summed E-state index contributed by atoms with van der Waals surface area (Å²) < 4.78 is 81.2. The summed E-state index contributed by atoms with van der Waals surface area (Å²) in [6.07, 6.45) is -7.98. The molecule has 1 aliphatic rings. The second-order valence-electron chi connectivity index (χ2n) is 10.5. The van der Waals surface area contributed by atoms with E-state index in [-0.39, 0.29) is 18.4 Å². The lowest BCUT2D eigenvalue weighted by molar-refractivity contribution is -0.143. The second-order valence-corrected chi connectivity index (χ2v) is 10.5. The fourth-order valence-electron chi connectivity index (χ4n) is 5.41. The zero-order chi connectivity index (χ0) is 30.2. The molecule has 1 atom stereocenters. The summed E-state index contributed by atoms with van der Waals surface area (Å²) in [6, 6.07) is 15.1. The number of amides is 1. The summed E-state index contributed by atoms with van der Waals surface area (Å²) >= 11 is 0. The molecule has 3 aromatic carbocycles. The fourth-order valence-corrected chi connectivity index (χ4v) is 5.41. The highest BCUT2D eigenvalue weighted by molar-refractivity contribution is 5.95. The van der Waals surface area contributed by atoms with Gasteiger partial charge in [0.25, 0.3) is 5.91 Å². The van der Waals surface area contributed by atoms with Crippen molar-refractivity contribution in [3.8, 4) is 0 Å². The van der Waals surface area contributed by atoms with Gasteiger partial charge in [-0.15, -0.1) is 0 Å². The van der Waals surface area contributed by atoms with Crippen LogP contribution in [0.1, 0.15) is 49.9 Å². The van der Waals surface area contributed by atoms with Crippen LogP contribution in [-0.4, -0.2) is 52.2 Å². The van der Waals surface area contributed by atoms with Crippen molar-refractivity contribution in [3.63, 3.8) is 0 Å². The lowest BCUT2D eigenvalue weighted by atomic mass is 9.98. The predicted octanol–water partition coefficient (Wildman–Crippen LogP) is 6.98. The van der Waals surface area contributed by atoms with Crippen LogP contribution in [0.5, 0.6) is 0 Å². The number of piperazine rings is 1. The van der Waals surface area contributed by atoms with Crippen LogP contribution in [0.3, 0.4) is 0 Å². The molecule has 0 saturated carbocycles. The van der Waals surface area contributed by atoms with E-state index in [9.17, 15) is 35.9 Å². The zero-order valence-corrected chi connectivity index (χ0v) is 22.5. The molecular weight excluding hydrogens is 560 g/mol. The molecule has 2 heterocycles. The number of aromatic nitrogens is 1. The van der Waals surface area contributed by atoms with Crippen molar-refractivity contribution in [2.24, 2.45) is 0 Å². The number of halogens is 6. The van der Waals surface area contributed by atoms with Crippen molar-refractivity contribution < 1.29 is 35.9 Å². The highest BCUT2D eigenvalue weighted by Crippen LogP contribution is 2.37. The Morgan fingerprint density at radius 1 is 0.857 bits per heavy atom. The number of nitrogens with zero attached hydrogens (tertiary/aromatic N) is 2. The van der Waals surface area contributed by atoms with E-state index in [4.69, 9.17) is 0 Å². The van der Waals surface area contributed by atoms with Gasteiger partial charge in [-0.2, -0.15) is 26.3 Å². The Labute approximate surface area is 237 Å². The molecule has 0 bridgehead atoms. The van der Waals surface area contributed by atoms with E-state index in [1.807, 2.05) is 36.4 Å². The summed E-state index contributed by atoms with van der Waals surface area (Å²) in [7, 11) is 0. The number of para-hydroxylation sites is 1. The minimum Gasteiger partial charge on any atom is -0.361 e. The van der Waals surface area contributed by atoms with Crippen molar-refractivity contribution >= 4 is 22.6 Å². The molecule has 1 aromatic heterocycles. The zero-order valence-electron chi connectivity index (χ0n) is 22.5. The molecule has 1 fully saturated rings. The molecule has 1 aliphatic heterocycles. The van der Waals surface area contributed by atoms with E-state index in [1.165, 1.54) is 11.8 Å². The molecule has 5 nitrogen and oxygen atoms in total. The standard InChI is InChI=1S/C31H27F6N3O2/c1-19(41)21-8-6-20(7-9-21)17-39-10-11-40(26(18-39)14-23-16-38-28-5-3-2-4-27(23)28)29(42)22-12-24(30(32,33)34)15-25(13-22)31(35,36)37/h2-9,12-13,15-16,26,38H,10-11,14,17-18H2,1H3/t26-/m1/s1. The number of nitrogens with one attached hydrogen (secondary N) is 1. The number of hydrogen-bond acceptors (Lipinski definition) is 3. The summed E-state index contributed by atoms with van der Waals surface area (Å²) in [5, 5.41) is 0.917. The molecule has 0 spiro atoms. The van der Waals surface area contributed by atoms with E-state index >= 15 is 0 Å². The summed E-state index contributed by atoms with van der Waals surface area (Å²) in [5.74, 6) is -0.947. The molecule has 0 unspecified atom stereocenters. The first kappa shape index (κ1) is 29.4. The maximum Gasteiger partial charge on any atom is 0.416 e. The van der Waals surface area contributed by atoms with Gasteiger partial charge < -0.3 is 9.88 Å². The summed E-state index contributed by atoms with van der Waals surface area (Å²) in [4.78, 5) is 31.9. The monoisotopic (exact) mass is 587 g/mol. The van der Waals surface area contributed by atoms with Gasteiger partial charge in [0, 0.05) is 60.4 Å². The lowest BCUT2D eigenvalue weighted by Gasteiger charge is -2.42. The first-order chi connectivity index (χ1) is 19.8. The van der Waals surface area contributed by atoms with E-state index < -0.39 is 41.0 Å². The second kappa shape index (κ2) is 11.3. The van der Waals surface area contributed by atoms with E-state index in [0.29, 0.717) is 43.8 Å². The van der Waals surface area contributed by atoms with Crippen LogP contribution in [0.2, 0.25) is 0 Å². The highest BCUT2D eigenvalue weighted by atomic mass is 19.4. The van der Waals surface area contributed by atoms with Crippen LogP contribution in [0.25, 0.3) is 10.9 Å². The number of alkyl halides is 6. The van der Waals surface area contributed by atoms with Gasteiger partial charge in [-0.05, 0) is 48.7 Å².